The molecule has 144 valence electrons. The maximum Gasteiger partial charge on any atom is 0.270 e. The van der Waals surface area contributed by atoms with Crippen molar-refractivity contribution in [2.24, 2.45) is 5.10 Å². The second-order valence-electron chi connectivity index (χ2n) is 7.71. The van der Waals surface area contributed by atoms with Crippen LogP contribution < -0.4 is 5.01 Å². The van der Waals surface area contributed by atoms with Gasteiger partial charge in [-0.2, -0.15) is 5.10 Å². The van der Waals surface area contributed by atoms with Crippen LogP contribution in [0.4, 0.5) is 5.69 Å². The number of para-hydroxylation sites is 1. The number of benzene rings is 1. The molecular weight excluding hydrogens is 340 g/mol. The summed E-state index contributed by atoms with van der Waals surface area (Å²) in [6.45, 7) is 3.41. The SMILES string of the molecule is O=C(C1=NN(c2ccccc2)C(=O)CC1)N1CCN(C2CCCCC2)CC1. The van der Waals surface area contributed by atoms with E-state index in [0.717, 1.165) is 31.9 Å². The molecular formula is C21H28N4O2. The number of carbonyl (C=O) groups excluding carboxylic acids is 2. The first-order valence-corrected chi connectivity index (χ1v) is 10.2. The van der Waals surface area contributed by atoms with E-state index < -0.39 is 0 Å². The summed E-state index contributed by atoms with van der Waals surface area (Å²) in [6, 6.07) is 10.0. The number of hydrogen-bond acceptors (Lipinski definition) is 4. The Bertz CT molecular complexity index is 704. The first-order valence-electron chi connectivity index (χ1n) is 10.2. The summed E-state index contributed by atoms with van der Waals surface area (Å²) in [5.41, 5.74) is 1.22. The highest BCUT2D eigenvalue weighted by molar-refractivity contribution is 6.40. The number of hydrogen-bond donors (Lipinski definition) is 0. The predicted molar refractivity (Wildman–Crippen MR) is 106 cm³/mol. The van der Waals surface area contributed by atoms with Gasteiger partial charge in [0, 0.05) is 45.1 Å². The van der Waals surface area contributed by atoms with Gasteiger partial charge >= 0.3 is 0 Å². The Morgan fingerprint density at radius 3 is 2.33 bits per heavy atom. The van der Waals surface area contributed by atoms with Gasteiger partial charge in [0.2, 0.25) is 5.91 Å². The standard InChI is InChI=1S/C21H28N4O2/c26-20-12-11-19(22-25(20)18-9-5-2-6-10-18)21(27)24-15-13-23(14-16-24)17-7-3-1-4-8-17/h2,5-6,9-10,17H,1,3-4,7-8,11-16H2. The number of hydrazone groups is 1. The number of amides is 2. The zero-order valence-corrected chi connectivity index (χ0v) is 15.8. The number of carbonyl (C=O) groups is 2. The van der Waals surface area contributed by atoms with Crippen molar-refractivity contribution in [2.45, 2.75) is 51.0 Å². The van der Waals surface area contributed by atoms with Crippen molar-refractivity contribution in [2.75, 3.05) is 31.2 Å². The van der Waals surface area contributed by atoms with Crippen LogP contribution in [0.25, 0.3) is 0 Å². The Hall–Kier alpha value is -2.21. The maximum atomic E-state index is 13.0. The molecule has 0 radical (unpaired) electrons. The fourth-order valence-electron chi connectivity index (χ4n) is 4.40. The molecule has 1 saturated carbocycles. The number of rotatable bonds is 3. The summed E-state index contributed by atoms with van der Waals surface area (Å²) in [5, 5.41) is 5.80. The largest absolute Gasteiger partial charge is 0.335 e. The summed E-state index contributed by atoms with van der Waals surface area (Å²) < 4.78 is 0. The molecule has 27 heavy (non-hydrogen) atoms. The van der Waals surface area contributed by atoms with Gasteiger partial charge in [-0.3, -0.25) is 14.5 Å². The molecule has 2 heterocycles. The molecule has 3 aliphatic rings. The third-order valence-electron chi connectivity index (χ3n) is 5.97. The van der Waals surface area contributed by atoms with Crippen LogP contribution in [0.5, 0.6) is 0 Å². The van der Waals surface area contributed by atoms with Crippen LogP contribution in [0.2, 0.25) is 0 Å². The van der Waals surface area contributed by atoms with E-state index in [1.807, 2.05) is 35.2 Å². The summed E-state index contributed by atoms with van der Waals surface area (Å²) in [5.74, 6) is -0.0633. The smallest absolute Gasteiger partial charge is 0.270 e. The van der Waals surface area contributed by atoms with Crippen molar-refractivity contribution in [3.63, 3.8) is 0 Å². The van der Waals surface area contributed by atoms with Gasteiger partial charge in [0.15, 0.2) is 0 Å². The molecule has 0 aromatic heterocycles. The summed E-state index contributed by atoms with van der Waals surface area (Å²) in [7, 11) is 0. The van der Waals surface area contributed by atoms with E-state index in [1.165, 1.54) is 37.1 Å². The third-order valence-corrected chi connectivity index (χ3v) is 5.97. The summed E-state index contributed by atoms with van der Waals surface area (Å²) >= 11 is 0. The molecule has 2 fully saturated rings. The molecule has 1 aromatic carbocycles. The number of anilines is 1. The molecule has 0 spiro atoms. The molecule has 1 aliphatic carbocycles. The molecule has 1 aromatic rings. The van der Waals surface area contributed by atoms with E-state index in [-0.39, 0.29) is 11.8 Å². The molecule has 2 aliphatic heterocycles. The summed E-state index contributed by atoms with van der Waals surface area (Å²) in [6.07, 6.45) is 7.41. The van der Waals surface area contributed by atoms with Crippen LogP contribution in [-0.2, 0) is 9.59 Å². The lowest BCUT2D eigenvalue weighted by Crippen LogP contribution is -2.54. The molecule has 6 nitrogen and oxygen atoms in total. The van der Waals surface area contributed by atoms with Gasteiger partial charge in [-0.15, -0.1) is 0 Å². The average molecular weight is 368 g/mol. The lowest BCUT2D eigenvalue weighted by atomic mass is 9.94. The Balaban J connectivity index is 1.40. The molecule has 2 amide bonds. The van der Waals surface area contributed by atoms with Crippen molar-refractivity contribution in [3.8, 4) is 0 Å². The first kappa shape index (κ1) is 18.2. The molecule has 4 rings (SSSR count). The average Bonchev–Trinajstić information content (AvgIpc) is 2.75. The van der Waals surface area contributed by atoms with Crippen molar-refractivity contribution in [1.29, 1.82) is 0 Å². The van der Waals surface area contributed by atoms with Gasteiger partial charge in [-0.25, -0.2) is 5.01 Å². The van der Waals surface area contributed by atoms with E-state index in [1.54, 1.807) is 0 Å². The van der Waals surface area contributed by atoms with Gasteiger partial charge in [-0.05, 0) is 25.0 Å². The minimum Gasteiger partial charge on any atom is -0.335 e. The van der Waals surface area contributed by atoms with Gasteiger partial charge in [0.05, 0.1) is 5.69 Å². The van der Waals surface area contributed by atoms with Crippen LogP contribution in [0.15, 0.2) is 35.4 Å². The number of piperazine rings is 1. The van der Waals surface area contributed by atoms with Gasteiger partial charge in [0.1, 0.15) is 5.71 Å². The molecule has 1 saturated heterocycles. The second-order valence-corrected chi connectivity index (χ2v) is 7.71. The van der Waals surface area contributed by atoms with E-state index in [9.17, 15) is 9.59 Å². The van der Waals surface area contributed by atoms with Crippen molar-refractivity contribution >= 4 is 23.2 Å². The van der Waals surface area contributed by atoms with Crippen molar-refractivity contribution < 1.29 is 9.59 Å². The predicted octanol–water partition coefficient (Wildman–Crippen LogP) is 2.65. The fourth-order valence-corrected chi connectivity index (χ4v) is 4.40. The van der Waals surface area contributed by atoms with Crippen molar-refractivity contribution in [1.82, 2.24) is 9.80 Å². The van der Waals surface area contributed by atoms with Crippen LogP contribution in [0.1, 0.15) is 44.9 Å². The molecule has 0 atom stereocenters. The van der Waals surface area contributed by atoms with Gasteiger partial charge in [-0.1, -0.05) is 37.5 Å². The summed E-state index contributed by atoms with van der Waals surface area (Å²) in [4.78, 5) is 29.7. The Labute approximate surface area is 160 Å². The Kier molecular flexibility index (Phi) is 5.53. The van der Waals surface area contributed by atoms with Crippen LogP contribution in [0, 0.1) is 0 Å². The van der Waals surface area contributed by atoms with Gasteiger partial charge < -0.3 is 4.90 Å². The van der Waals surface area contributed by atoms with Crippen LogP contribution >= 0.6 is 0 Å². The molecule has 6 heteroatoms. The highest BCUT2D eigenvalue weighted by Crippen LogP contribution is 2.24. The maximum absolute atomic E-state index is 13.0. The number of nitrogens with zero attached hydrogens (tertiary/aromatic N) is 4. The third kappa shape index (κ3) is 4.05. The quantitative estimate of drug-likeness (QED) is 0.824. The molecule has 0 bridgehead atoms. The van der Waals surface area contributed by atoms with E-state index in [0.29, 0.717) is 24.6 Å². The first-order chi connectivity index (χ1) is 13.2. The van der Waals surface area contributed by atoms with E-state index >= 15 is 0 Å². The molecule has 0 N–H and O–H groups in total. The minimum atomic E-state index is -0.0557. The Morgan fingerprint density at radius 1 is 0.926 bits per heavy atom. The van der Waals surface area contributed by atoms with E-state index in [2.05, 4.69) is 10.0 Å². The minimum absolute atomic E-state index is 0.00766. The topological polar surface area (TPSA) is 56.2 Å². The second kappa shape index (κ2) is 8.21. The zero-order valence-electron chi connectivity index (χ0n) is 15.8. The van der Waals surface area contributed by atoms with Crippen LogP contribution in [0.3, 0.4) is 0 Å². The van der Waals surface area contributed by atoms with E-state index in [4.69, 9.17) is 0 Å². The normalized spacial score (nSPS) is 22.7. The highest BCUT2D eigenvalue weighted by Gasteiger charge is 2.31. The monoisotopic (exact) mass is 368 g/mol. The fraction of sp³-hybridized carbons (Fsp3) is 0.571. The highest BCUT2D eigenvalue weighted by atomic mass is 16.2. The lowest BCUT2D eigenvalue weighted by Gasteiger charge is -2.41. The molecule has 0 unspecified atom stereocenters. The van der Waals surface area contributed by atoms with Gasteiger partial charge in [0.25, 0.3) is 5.91 Å². The zero-order chi connectivity index (χ0) is 18.6. The van der Waals surface area contributed by atoms with Crippen LogP contribution in [-0.4, -0.2) is 59.5 Å². The lowest BCUT2D eigenvalue weighted by molar-refractivity contribution is -0.126. The van der Waals surface area contributed by atoms with Crippen molar-refractivity contribution in [3.05, 3.63) is 30.3 Å². The Morgan fingerprint density at radius 2 is 1.63 bits per heavy atom.